The van der Waals surface area contributed by atoms with Crippen LogP contribution in [-0.2, 0) is 16.0 Å². The van der Waals surface area contributed by atoms with Crippen LogP contribution in [0.4, 0.5) is 0 Å². The molecule has 24 heavy (non-hydrogen) atoms. The number of hydrogen-bond acceptors (Lipinski definition) is 3. The van der Waals surface area contributed by atoms with E-state index in [4.69, 9.17) is 49.8 Å². The van der Waals surface area contributed by atoms with E-state index in [1.165, 1.54) is 12.5 Å². The topological polar surface area (TPSA) is 67.2 Å². The molecule has 0 saturated carbocycles. The molecule has 1 aliphatic heterocycles. The number of halogens is 3. The lowest BCUT2D eigenvalue weighted by molar-refractivity contribution is -0.0251. The molecule has 122 valence electrons. The Balaban J connectivity index is 2.11. The minimum absolute atomic E-state index is 0.105. The summed E-state index contributed by atoms with van der Waals surface area (Å²) in [4.78, 5) is 2.80. The largest absolute Gasteiger partial charge is 0.455 e. The van der Waals surface area contributed by atoms with Gasteiger partial charge in [0.05, 0.1) is 17.1 Å². The first-order valence-electron chi connectivity index (χ1n) is 6.84. The Labute approximate surface area is 153 Å². The van der Waals surface area contributed by atoms with Crippen molar-refractivity contribution >= 4 is 34.8 Å². The summed E-state index contributed by atoms with van der Waals surface area (Å²) in [6.45, 7) is 0.105. The molecular formula is C16H10Cl3N3O2. The monoisotopic (exact) mass is 381 g/mol. The van der Waals surface area contributed by atoms with Crippen LogP contribution in [0.1, 0.15) is 17.4 Å². The Morgan fingerprint density at radius 2 is 1.79 bits per heavy atom. The molecule has 1 aliphatic rings. The lowest BCUT2D eigenvalue weighted by Gasteiger charge is -2.18. The third-order valence-electron chi connectivity index (χ3n) is 3.46. The second-order valence-electron chi connectivity index (χ2n) is 4.92. The number of ether oxygens (including phenoxy) is 2. The quantitative estimate of drug-likeness (QED) is 0.338. The zero-order valence-corrected chi connectivity index (χ0v) is 14.4. The molecular weight excluding hydrogens is 373 g/mol. The number of rotatable bonds is 4. The Morgan fingerprint density at radius 3 is 2.46 bits per heavy atom. The van der Waals surface area contributed by atoms with Crippen LogP contribution < -0.4 is 0 Å². The highest BCUT2D eigenvalue weighted by Crippen LogP contribution is 2.39. The van der Waals surface area contributed by atoms with E-state index in [0.29, 0.717) is 26.2 Å². The summed E-state index contributed by atoms with van der Waals surface area (Å²) in [6.07, 6.45) is 2.20. The van der Waals surface area contributed by atoms with Crippen molar-refractivity contribution in [1.29, 1.82) is 0 Å². The summed E-state index contributed by atoms with van der Waals surface area (Å²) in [5.41, 5.74) is 11.5. The van der Waals surface area contributed by atoms with E-state index < -0.39 is 6.29 Å². The Bertz CT molecular complexity index is 856. The smallest absolute Gasteiger partial charge is 0.268 e. The van der Waals surface area contributed by atoms with Crippen LogP contribution in [0.25, 0.3) is 21.6 Å². The fraction of sp³-hybridized carbons (Fsp3) is 0.125. The molecule has 0 fully saturated rings. The van der Waals surface area contributed by atoms with Gasteiger partial charge in [0.15, 0.2) is 0 Å². The molecule has 0 bridgehead atoms. The molecule has 0 aliphatic carbocycles. The van der Waals surface area contributed by atoms with Gasteiger partial charge in [0.25, 0.3) is 6.29 Å². The van der Waals surface area contributed by atoms with Crippen LogP contribution in [0.3, 0.4) is 0 Å². The summed E-state index contributed by atoms with van der Waals surface area (Å²) in [6, 6.07) is 8.80. The predicted molar refractivity (Wildman–Crippen MR) is 93.8 cm³/mol. The average molecular weight is 383 g/mol. The molecule has 2 aromatic carbocycles. The van der Waals surface area contributed by atoms with Gasteiger partial charge in [0, 0.05) is 20.5 Å². The molecule has 0 N–H and O–H groups in total. The van der Waals surface area contributed by atoms with Gasteiger partial charge < -0.3 is 9.47 Å². The van der Waals surface area contributed by atoms with Crippen LogP contribution >= 0.6 is 34.8 Å². The predicted octanol–water partition coefficient (Wildman–Crippen LogP) is 6.64. The number of nitrogens with zero attached hydrogens (tertiary/aromatic N) is 3. The molecule has 3 rings (SSSR count). The van der Waals surface area contributed by atoms with Gasteiger partial charge in [-0.1, -0.05) is 52.0 Å². The van der Waals surface area contributed by atoms with Crippen molar-refractivity contribution in [3.05, 3.63) is 79.5 Å². The van der Waals surface area contributed by atoms with Crippen LogP contribution in [0, 0.1) is 0 Å². The first kappa shape index (κ1) is 16.8. The third-order valence-corrected chi connectivity index (χ3v) is 4.32. The third kappa shape index (κ3) is 3.40. The standard InChI is InChI=1S/C16H10Cl3N3O2/c17-11-1-2-12(13(18)7-11)9-5-10(8-21-22-20)15(14(19)6-9)16-23-3-4-24-16/h1-7,16H,8H2. The molecule has 0 saturated heterocycles. The van der Waals surface area contributed by atoms with E-state index >= 15 is 0 Å². The molecule has 1 heterocycles. The van der Waals surface area contributed by atoms with Gasteiger partial charge in [-0.3, -0.25) is 0 Å². The highest BCUT2D eigenvalue weighted by molar-refractivity contribution is 6.36. The van der Waals surface area contributed by atoms with Crippen LogP contribution in [0.15, 0.2) is 48.0 Å². The van der Waals surface area contributed by atoms with Gasteiger partial charge in [0.1, 0.15) is 12.5 Å². The van der Waals surface area contributed by atoms with E-state index in [2.05, 4.69) is 10.0 Å². The lowest BCUT2D eigenvalue weighted by atomic mass is 9.98. The van der Waals surface area contributed by atoms with Gasteiger partial charge in [-0.25, -0.2) is 0 Å². The van der Waals surface area contributed by atoms with Crippen molar-refractivity contribution in [1.82, 2.24) is 0 Å². The van der Waals surface area contributed by atoms with Gasteiger partial charge in [-0.15, -0.1) is 0 Å². The van der Waals surface area contributed by atoms with Crippen LogP contribution in [0.5, 0.6) is 0 Å². The van der Waals surface area contributed by atoms with Gasteiger partial charge >= 0.3 is 0 Å². The molecule has 8 heteroatoms. The number of benzene rings is 2. The second-order valence-corrected chi connectivity index (χ2v) is 6.17. The summed E-state index contributed by atoms with van der Waals surface area (Å²) in [7, 11) is 0. The van der Waals surface area contributed by atoms with E-state index in [-0.39, 0.29) is 6.54 Å². The number of azide groups is 1. The normalized spacial score (nSPS) is 13.3. The minimum atomic E-state index is -0.670. The van der Waals surface area contributed by atoms with E-state index in [9.17, 15) is 0 Å². The van der Waals surface area contributed by atoms with Crippen LogP contribution in [0.2, 0.25) is 15.1 Å². The first-order valence-corrected chi connectivity index (χ1v) is 7.98. The van der Waals surface area contributed by atoms with Crippen molar-refractivity contribution in [2.75, 3.05) is 0 Å². The molecule has 0 unspecified atom stereocenters. The zero-order valence-electron chi connectivity index (χ0n) is 12.1. The van der Waals surface area contributed by atoms with Crippen molar-refractivity contribution < 1.29 is 9.47 Å². The average Bonchev–Trinajstić information content (AvgIpc) is 3.06. The Hall–Kier alpha value is -2.04. The molecule has 5 nitrogen and oxygen atoms in total. The van der Waals surface area contributed by atoms with Crippen molar-refractivity contribution in [3.63, 3.8) is 0 Å². The van der Waals surface area contributed by atoms with Gasteiger partial charge in [0.2, 0.25) is 0 Å². The molecule has 0 aromatic heterocycles. The van der Waals surface area contributed by atoms with Crippen molar-refractivity contribution in [3.8, 4) is 11.1 Å². The Morgan fingerprint density at radius 1 is 1.04 bits per heavy atom. The molecule has 0 amide bonds. The lowest BCUT2D eigenvalue weighted by Crippen LogP contribution is -2.04. The maximum absolute atomic E-state index is 8.63. The van der Waals surface area contributed by atoms with Gasteiger partial charge in [-0.2, -0.15) is 0 Å². The summed E-state index contributed by atoms with van der Waals surface area (Å²) in [5.74, 6) is 0. The van der Waals surface area contributed by atoms with E-state index in [0.717, 1.165) is 11.1 Å². The fourth-order valence-corrected chi connectivity index (χ4v) is 3.28. The molecule has 2 aromatic rings. The summed E-state index contributed by atoms with van der Waals surface area (Å²) >= 11 is 18.6. The highest BCUT2D eigenvalue weighted by atomic mass is 35.5. The molecule has 0 spiro atoms. The Kier molecular flexibility index (Phi) is 5.07. The molecule has 0 radical (unpaired) electrons. The zero-order chi connectivity index (χ0) is 17.1. The van der Waals surface area contributed by atoms with Crippen molar-refractivity contribution in [2.45, 2.75) is 12.8 Å². The maximum Gasteiger partial charge on any atom is 0.268 e. The maximum atomic E-state index is 8.63. The molecule has 0 atom stereocenters. The fourth-order valence-electron chi connectivity index (χ4n) is 2.43. The number of hydrogen-bond donors (Lipinski definition) is 0. The van der Waals surface area contributed by atoms with Crippen LogP contribution in [-0.4, -0.2) is 0 Å². The minimum Gasteiger partial charge on any atom is -0.455 e. The van der Waals surface area contributed by atoms with E-state index in [1.54, 1.807) is 24.3 Å². The SMILES string of the molecule is [N-]=[N+]=NCc1cc(-c2ccc(Cl)cc2Cl)cc(Cl)c1C1OC=CO1. The van der Waals surface area contributed by atoms with Gasteiger partial charge in [-0.05, 0) is 34.9 Å². The second kappa shape index (κ2) is 7.24. The summed E-state index contributed by atoms with van der Waals surface area (Å²) in [5, 5.41) is 5.09. The highest BCUT2D eigenvalue weighted by Gasteiger charge is 2.23. The first-order chi connectivity index (χ1) is 11.6. The van der Waals surface area contributed by atoms with Crippen molar-refractivity contribution in [2.24, 2.45) is 5.11 Å². The van der Waals surface area contributed by atoms with E-state index in [1.807, 2.05) is 6.07 Å². The summed E-state index contributed by atoms with van der Waals surface area (Å²) < 4.78 is 10.7.